The molecule has 4 aliphatic carbocycles. The topological polar surface area (TPSA) is 79.9 Å². The Balaban J connectivity index is 0.910. The van der Waals surface area contributed by atoms with E-state index in [1.807, 2.05) is 4.90 Å². The summed E-state index contributed by atoms with van der Waals surface area (Å²) in [7, 11) is 0. The van der Waals surface area contributed by atoms with Gasteiger partial charge < -0.3 is 25.0 Å². The number of rotatable bonds is 3. The van der Waals surface area contributed by atoms with E-state index in [9.17, 15) is 9.59 Å². The van der Waals surface area contributed by atoms with Gasteiger partial charge in [-0.2, -0.15) is 0 Å². The van der Waals surface area contributed by atoms with Crippen molar-refractivity contribution in [2.24, 2.45) is 58.2 Å². The van der Waals surface area contributed by atoms with Gasteiger partial charge in [0, 0.05) is 44.6 Å². The molecule has 3 saturated carbocycles. The highest BCUT2D eigenvalue weighted by Crippen LogP contribution is 2.70. The van der Waals surface area contributed by atoms with Crippen molar-refractivity contribution >= 4 is 11.8 Å². The van der Waals surface area contributed by atoms with Crippen molar-refractivity contribution in [3.8, 4) is 0 Å². The minimum absolute atomic E-state index is 0.00117. The van der Waals surface area contributed by atoms with Crippen LogP contribution in [0.5, 0.6) is 0 Å². The third-order valence-corrected chi connectivity index (χ3v) is 14.8. The molecular formula is C36H55N3O4. The zero-order valence-electron chi connectivity index (χ0n) is 27.0. The normalized spacial score (nSPS) is 51.7. The second-order valence-electron chi connectivity index (χ2n) is 16.9. The van der Waals surface area contributed by atoms with Crippen LogP contribution in [0.2, 0.25) is 0 Å². The Labute approximate surface area is 258 Å². The smallest absolute Gasteiger partial charge is 0.232 e. The number of amides is 2. The highest BCUT2D eigenvalue weighted by Gasteiger charge is 2.68. The predicted molar refractivity (Wildman–Crippen MR) is 165 cm³/mol. The number of fused-ring (bicyclic) bond motifs is 8. The zero-order chi connectivity index (χ0) is 29.7. The van der Waals surface area contributed by atoms with Crippen LogP contribution >= 0.6 is 0 Å². The van der Waals surface area contributed by atoms with Crippen molar-refractivity contribution in [2.45, 2.75) is 110 Å². The van der Waals surface area contributed by atoms with Gasteiger partial charge in [0.2, 0.25) is 11.8 Å². The van der Waals surface area contributed by atoms with Gasteiger partial charge in [-0.3, -0.25) is 9.59 Å². The Morgan fingerprint density at radius 1 is 1.05 bits per heavy atom. The molecule has 0 aromatic rings. The van der Waals surface area contributed by atoms with Crippen LogP contribution in [0.1, 0.15) is 91.9 Å². The van der Waals surface area contributed by atoms with Gasteiger partial charge in [-0.1, -0.05) is 39.3 Å². The van der Waals surface area contributed by atoms with Gasteiger partial charge in [0.05, 0.1) is 12.7 Å². The molecule has 1 spiro atoms. The highest BCUT2D eigenvalue weighted by atomic mass is 16.7. The molecular weight excluding hydrogens is 538 g/mol. The number of allylic oxidation sites excluding steroid dienone is 1. The quantitative estimate of drug-likeness (QED) is 0.359. The third kappa shape index (κ3) is 4.44. The van der Waals surface area contributed by atoms with Crippen LogP contribution in [0.25, 0.3) is 0 Å². The number of hydrogen-bond donors (Lipinski definition) is 2. The second kappa shape index (κ2) is 10.3. The van der Waals surface area contributed by atoms with Crippen LogP contribution in [0.3, 0.4) is 0 Å². The zero-order valence-corrected chi connectivity index (χ0v) is 27.0. The molecule has 4 saturated heterocycles. The van der Waals surface area contributed by atoms with E-state index in [2.05, 4.69) is 44.4 Å². The molecule has 7 nitrogen and oxygen atoms in total. The molecule has 2 amide bonds. The summed E-state index contributed by atoms with van der Waals surface area (Å²) in [5.41, 5.74) is 2.15. The third-order valence-electron chi connectivity index (χ3n) is 14.8. The molecule has 4 heterocycles. The van der Waals surface area contributed by atoms with Gasteiger partial charge in [0.1, 0.15) is 6.42 Å². The summed E-state index contributed by atoms with van der Waals surface area (Å²) in [6.07, 6.45) is 13.3. The molecule has 43 heavy (non-hydrogen) atoms. The molecule has 8 aliphatic rings. The van der Waals surface area contributed by atoms with Crippen LogP contribution in [0.15, 0.2) is 11.6 Å². The Bertz CT molecular complexity index is 1170. The lowest BCUT2D eigenvalue weighted by Gasteiger charge is -2.58. The molecule has 4 aliphatic heterocycles. The largest absolute Gasteiger partial charge is 0.353 e. The lowest BCUT2D eigenvalue weighted by molar-refractivity contribution is -0.272. The van der Waals surface area contributed by atoms with Gasteiger partial charge >= 0.3 is 0 Å². The summed E-state index contributed by atoms with van der Waals surface area (Å²) >= 11 is 0. The molecule has 238 valence electrons. The van der Waals surface area contributed by atoms with E-state index in [-0.39, 0.29) is 35.5 Å². The maximum atomic E-state index is 13.0. The molecule has 7 heteroatoms. The summed E-state index contributed by atoms with van der Waals surface area (Å²) < 4.78 is 13.5. The van der Waals surface area contributed by atoms with Crippen molar-refractivity contribution in [2.75, 3.05) is 32.8 Å². The Morgan fingerprint density at radius 3 is 2.58 bits per heavy atom. The summed E-state index contributed by atoms with van der Waals surface area (Å²) in [6, 6.07) is 0.154. The summed E-state index contributed by atoms with van der Waals surface area (Å²) in [5, 5.41) is 6.71. The fourth-order valence-electron chi connectivity index (χ4n) is 12.4. The molecule has 7 fully saturated rings. The van der Waals surface area contributed by atoms with E-state index in [1.165, 1.54) is 32.1 Å². The first-order chi connectivity index (χ1) is 20.6. The summed E-state index contributed by atoms with van der Waals surface area (Å²) in [5.74, 6) is 4.61. The number of carbonyl (C=O) groups is 2. The summed E-state index contributed by atoms with van der Waals surface area (Å²) in [4.78, 5) is 27.8. The van der Waals surface area contributed by atoms with Crippen molar-refractivity contribution in [3.63, 3.8) is 0 Å². The van der Waals surface area contributed by atoms with Crippen LogP contribution < -0.4 is 10.6 Å². The Kier molecular flexibility index (Phi) is 6.94. The van der Waals surface area contributed by atoms with E-state index in [0.29, 0.717) is 41.1 Å². The van der Waals surface area contributed by atoms with E-state index < -0.39 is 0 Å². The maximum absolute atomic E-state index is 13.0. The molecule has 2 N–H and O–H groups in total. The monoisotopic (exact) mass is 593 g/mol. The maximum Gasteiger partial charge on any atom is 0.232 e. The number of nitrogens with zero attached hydrogens (tertiary/aromatic N) is 1. The van der Waals surface area contributed by atoms with E-state index in [0.717, 1.165) is 76.2 Å². The first kappa shape index (κ1) is 29.0. The van der Waals surface area contributed by atoms with Crippen molar-refractivity contribution < 1.29 is 19.1 Å². The van der Waals surface area contributed by atoms with Crippen LogP contribution in [0, 0.1) is 58.2 Å². The number of likely N-dealkylation sites (tertiary alicyclic amines) is 1. The van der Waals surface area contributed by atoms with Crippen LogP contribution in [-0.4, -0.2) is 67.4 Å². The molecule has 0 aromatic carbocycles. The Hall–Kier alpha value is -1.44. The van der Waals surface area contributed by atoms with Crippen molar-refractivity contribution in [3.05, 3.63) is 11.6 Å². The average Bonchev–Trinajstić information content (AvgIpc) is 3.71. The summed E-state index contributed by atoms with van der Waals surface area (Å²) in [6.45, 7) is 14.4. The number of hydrogen-bond acceptors (Lipinski definition) is 5. The lowest BCUT2D eigenvalue weighted by Crippen LogP contribution is -2.53. The van der Waals surface area contributed by atoms with E-state index >= 15 is 0 Å². The molecule has 8 rings (SSSR count). The van der Waals surface area contributed by atoms with Gasteiger partial charge in [0.25, 0.3) is 0 Å². The minimum atomic E-state index is -0.337. The molecule has 0 radical (unpaired) electrons. The van der Waals surface area contributed by atoms with Crippen molar-refractivity contribution in [1.29, 1.82) is 0 Å². The minimum Gasteiger partial charge on any atom is -0.353 e. The van der Waals surface area contributed by atoms with E-state index in [4.69, 9.17) is 9.47 Å². The molecule has 0 aromatic heterocycles. The number of nitrogens with one attached hydrogen (secondary N) is 2. The SMILES string of the molecule is C[C@@H]1CC[C@@]2(OC1)O[C@H]1C[C@H]3[C@@H]4CC=C5C[C@H](NC(=O)CC(=O)N6CC7CNCC7C6)CC[C@]5(C)[C@H]4CC[C@]3(C)[C@H]1[C@@H]2C. The Morgan fingerprint density at radius 2 is 1.84 bits per heavy atom. The van der Waals surface area contributed by atoms with Crippen LogP contribution in [-0.2, 0) is 19.1 Å². The van der Waals surface area contributed by atoms with Crippen LogP contribution in [0.4, 0.5) is 0 Å². The fourth-order valence-corrected chi connectivity index (χ4v) is 12.4. The van der Waals surface area contributed by atoms with Gasteiger partial charge in [0.15, 0.2) is 5.79 Å². The van der Waals surface area contributed by atoms with Gasteiger partial charge in [-0.15, -0.1) is 0 Å². The molecule has 0 bridgehead atoms. The number of carbonyl (C=O) groups excluding carboxylic acids is 2. The van der Waals surface area contributed by atoms with Gasteiger partial charge in [-0.25, -0.2) is 0 Å². The van der Waals surface area contributed by atoms with E-state index in [1.54, 1.807) is 5.57 Å². The predicted octanol–water partition coefficient (Wildman–Crippen LogP) is 4.91. The first-order valence-electron chi connectivity index (χ1n) is 17.9. The molecule has 13 atom stereocenters. The first-order valence-corrected chi connectivity index (χ1v) is 17.9. The standard InChI is InChI=1S/C36H55N3O4/c1-21-7-12-36(42-20-21)22(2)33-30(43-36)14-29-27-6-5-25-13-26(8-10-34(25,3)28(27)9-11-35(29,33)4)38-31(40)15-32(41)39-18-23-16-37-17-24(23)19-39/h5,21-24,26-30,33,37H,6-20H2,1-4H3,(H,38,40)/t21-,22+,23?,24?,26-,27-,28+,29+,30+,33+,34+,35+,36-/m1/s1. The molecule has 2 unspecified atom stereocenters. The fraction of sp³-hybridized carbons (Fsp3) is 0.889. The van der Waals surface area contributed by atoms with Crippen molar-refractivity contribution in [1.82, 2.24) is 15.5 Å². The second-order valence-corrected chi connectivity index (χ2v) is 16.9. The highest BCUT2D eigenvalue weighted by molar-refractivity contribution is 5.97. The number of ether oxygens (including phenoxy) is 2. The van der Waals surface area contributed by atoms with Gasteiger partial charge in [-0.05, 0) is 104 Å². The lowest BCUT2D eigenvalue weighted by atomic mass is 9.46. The average molecular weight is 594 g/mol.